The van der Waals surface area contributed by atoms with Gasteiger partial charge in [-0.3, -0.25) is 9.48 Å². The first-order valence-electron chi connectivity index (χ1n) is 4.21. The van der Waals surface area contributed by atoms with Crippen LogP contribution in [-0.2, 0) is 17.9 Å². The summed E-state index contributed by atoms with van der Waals surface area (Å²) in [6.07, 6.45) is 1.79. The third-order valence-corrected chi connectivity index (χ3v) is 1.86. The van der Waals surface area contributed by atoms with Crippen LogP contribution in [0.2, 0.25) is 0 Å². The zero-order valence-corrected chi connectivity index (χ0v) is 8.46. The second kappa shape index (κ2) is 4.95. The van der Waals surface area contributed by atoms with E-state index in [1.54, 1.807) is 16.9 Å². The number of aromatic nitrogens is 2. The van der Waals surface area contributed by atoms with Crippen molar-refractivity contribution in [2.75, 3.05) is 0 Å². The zero-order chi connectivity index (χ0) is 10.6. The molecule has 1 aromatic heterocycles. The zero-order valence-electron chi connectivity index (χ0n) is 7.70. The van der Waals surface area contributed by atoms with Gasteiger partial charge in [-0.1, -0.05) is 11.6 Å². The fourth-order valence-electron chi connectivity index (χ4n) is 0.929. The Balaban J connectivity index is 2.41. The molecule has 0 aliphatic rings. The minimum atomic E-state index is -2.00. The molecular weight excluding hydrogens is 209 g/mol. The molecule has 0 bridgehead atoms. The van der Waals surface area contributed by atoms with Crippen LogP contribution >= 0.6 is 11.6 Å². The third-order valence-electron chi connectivity index (χ3n) is 1.66. The van der Waals surface area contributed by atoms with E-state index in [-0.39, 0.29) is 6.54 Å². The van der Waals surface area contributed by atoms with Crippen molar-refractivity contribution in [3.8, 4) is 0 Å². The van der Waals surface area contributed by atoms with E-state index in [1.165, 1.54) is 0 Å². The molecule has 0 aliphatic heterocycles. The molecule has 1 aromatic rings. The number of aryl methyl sites for hydroxylation is 1. The van der Waals surface area contributed by atoms with Gasteiger partial charge in [-0.05, 0) is 13.0 Å². The van der Waals surface area contributed by atoms with E-state index in [0.29, 0.717) is 5.69 Å². The maximum absolute atomic E-state index is 12.2. The average molecular weight is 220 g/mol. The van der Waals surface area contributed by atoms with Crippen molar-refractivity contribution in [3.05, 3.63) is 18.0 Å². The summed E-state index contributed by atoms with van der Waals surface area (Å²) < 4.78 is 13.9. The number of hydrogen-bond acceptors (Lipinski definition) is 2. The largest absolute Gasteiger partial charge is 0.347 e. The number of nitrogens with zero attached hydrogens (tertiary/aromatic N) is 2. The molecule has 78 valence electrons. The molecule has 1 rings (SSSR count). The Morgan fingerprint density at radius 3 is 3.07 bits per heavy atom. The summed E-state index contributed by atoms with van der Waals surface area (Å²) in [7, 11) is 0. The van der Waals surface area contributed by atoms with Crippen LogP contribution in [0.1, 0.15) is 12.6 Å². The second-order valence-electron chi connectivity index (χ2n) is 2.68. The second-order valence-corrected chi connectivity index (χ2v) is 3.06. The van der Waals surface area contributed by atoms with Crippen molar-refractivity contribution >= 4 is 17.5 Å². The Kier molecular flexibility index (Phi) is 3.88. The molecule has 0 fully saturated rings. The van der Waals surface area contributed by atoms with Gasteiger partial charge in [0.05, 0.1) is 12.2 Å². The normalized spacial score (nSPS) is 12.5. The highest BCUT2D eigenvalue weighted by Gasteiger charge is 2.12. The minimum Gasteiger partial charge on any atom is -0.347 e. The van der Waals surface area contributed by atoms with Gasteiger partial charge in [0.1, 0.15) is 0 Å². The van der Waals surface area contributed by atoms with Gasteiger partial charge in [-0.25, -0.2) is 4.39 Å². The lowest BCUT2D eigenvalue weighted by molar-refractivity contribution is -0.123. The predicted octanol–water partition coefficient (Wildman–Crippen LogP) is 1.05. The summed E-state index contributed by atoms with van der Waals surface area (Å²) >= 11 is 4.92. The van der Waals surface area contributed by atoms with E-state index in [2.05, 4.69) is 10.4 Å². The van der Waals surface area contributed by atoms with Gasteiger partial charge >= 0.3 is 0 Å². The Morgan fingerprint density at radius 2 is 2.57 bits per heavy atom. The standard InChI is InChI=1S/C8H11ClFN3O/c1-2-13-4-3-6(12-13)5-11-8(14)7(9)10/h3-4,7H,2,5H2,1H3,(H,11,14). The van der Waals surface area contributed by atoms with Gasteiger partial charge in [0.15, 0.2) is 0 Å². The van der Waals surface area contributed by atoms with Crippen molar-refractivity contribution in [2.24, 2.45) is 0 Å². The SMILES string of the molecule is CCn1ccc(CNC(=O)C(F)Cl)n1. The van der Waals surface area contributed by atoms with Crippen LogP contribution in [-0.4, -0.2) is 21.3 Å². The molecule has 0 saturated carbocycles. The van der Waals surface area contributed by atoms with Crippen LogP contribution < -0.4 is 5.32 Å². The van der Waals surface area contributed by atoms with Crippen molar-refractivity contribution in [1.82, 2.24) is 15.1 Å². The molecule has 0 radical (unpaired) electrons. The molecule has 1 N–H and O–H groups in total. The molecule has 0 aliphatic carbocycles. The smallest absolute Gasteiger partial charge is 0.270 e. The molecule has 6 heteroatoms. The van der Waals surface area contributed by atoms with Crippen LogP contribution in [0.4, 0.5) is 4.39 Å². The van der Waals surface area contributed by atoms with Crippen LogP contribution in [0.3, 0.4) is 0 Å². The molecule has 14 heavy (non-hydrogen) atoms. The van der Waals surface area contributed by atoms with E-state index in [1.807, 2.05) is 6.92 Å². The van der Waals surface area contributed by atoms with Gasteiger partial charge in [-0.2, -0.15) is 5.10 Å². The van der Waals surface area contributed by atoms with Gasteiger partial charge in [0, 0.05) is 12.7 Å². The maximum Gasteiger partial charge on any atom is 0.270 e. The Hall–Kier alpha value is -1.10. The molecule has 0 aromatic carbocycles. The lowest BCUT2D eigenvalue weighted by atomic mass is 10.4. The summed E-state index contributed by atoms with van der Waals surface area (Å²) in [4.78, 5) is 10.7. The van der Waals surface area contributed by atoms with E-state index in [4.69, 9.17) is 11.6 Å². The van der Waals surface area contributed by atoms with Gasteiger partial charge in [0.25, 0.3) is 11.5 Å². The molecule has 4 nitrogen and oxygen atoms in total. The number of alkyl halides is 2. The van der Waals surface area contributed by atoms with Crippen molar-refractivity contribution in [2.45, 2.75) is 25.6 Å². The van der Waals surface area contributed by atoms with Crippen molar-refractivity contribution < 1.29 is 9.18 Å². The lowest BCUT2D eigenvalue weighted by Crippen LogP contribution is -2.28. The van der Waals surface area contributed by atoms with E-state index < -0.39 is 11.5 Å². The monoisotopic (exact) mass is 219 g/mol. The van der Waals surface area contributed by atoms with Gasteiger partial charge in [0.2, 0.25) is 0 Å². The van der Waals surface area contributed by atoms with Crippen LogP contribution in [0.25, 0.3) is 0 Å². The molecule has 1 unspecified atom stereocenters. The molecule has 1 atom stereocenters. The number of rotatable bonds is 4. The number of carbonyl (C=O) groups excluding carboxylic acids is 1. The Morgan fingerprint density at radius 1 is 1.86 bits per heavy atom. The highest BCUT2D eigenvalue weighted by molar-refractivity contribution is 6.29. The molecule has 0 saturated heterocycles. The highest BCUT2D eigenvalue weighted by Crippen LogP contribution is 1.98. The van der Waals surface area contributed by atoms with E-state index in [0.717, 1.165) is 6.54 Å². The minimum absolute atomic E-state index is 0.193. The maximum atomic E-state index is 12.2. The van der Waals surface area contributed by atoms with Gasteiger partial charge < -0.3 is 5.32 Å². The fraction of sp³-hybridized carbons (Fsp3) is 0.500. The number of carbonyl (C=O) groups is 1. The number of nitrogens with one attached hydrogen (secondary N) is 1. The third kappa shape index (κ3) is 2.99. The van der Waals surface area contributed by atoms with Crippen LogP contribution in [0, 0.1) is 0 Å². The fourth-order valence-corrected chi connectivity index (χ4v) is 1.01. The lowest BCUT2D eigenvalue weighted by Gasteiger charge is -2.01. The number of amides is 1. The topological polar surface area (TPSA) is 46.9 Å². The van der Waals surface area contributed by atoms with Gasteiger partial charge in [-0.15, -0.1) is 0 Å². The number of halogens is 2. The van der Waals surface area contributed by atoms with E-state index in [9.17, 15) is 9.18 Å². The first-order chi connectivity index (χ1) is 6.63. The summed E-state index contributed by atoms with van der Waals surface area (Å²) in [6.45, 7) is 2.90. The quantitative estimate of drug-likeness (QED) is 0.770. The molecule has 0 spiro atoms. The van der Waals surface area contributed by atoms with Crippen LogP contribution in [0.5, 0.6) is 0 Å². The van der Waals surface area contributed by atoms with Crippen LogP contribution in [0.15, 0.2) is 12.3 Å². The summed E-state index contributed by atoms with van der Waals surface area (Å²) in [5.41, 5.74) is -1.32. The summed E-state index contributed by atoms with van der Waals surface area (Å²) in [6, 6.07) is 1.76. The summed E-state index contributed by atoms with van der Waals surface area (Å²) in [5.74, 6) is -0.835. The predicted molar refractivity (Wildman–Crippen MR) is 50.5 cm³/mol. The van der Waals surface area contributed by atoms with E-state index >= 15 is 0 Å². The number of hydrogen-bond donors (Lipinski definition) is 1. The van der Waals surface area contributed by atoms with Crippen molar-refractivity contribution in [3.63, 3.8) is 0 Å². The molecule has 1 amide bonds. The Labute approximate surface area is 86.0 Å². The highest BCUT2D eigenvalue weighted by atomic mass is 35.5. The first-order valence-corrected chi connectivity index (χ1v) is 4.65. The molecule has 1 heterocycles. The summed E-state index contributed by atoms with van der Waals surface area (Å²) in [5, 5.41) is 6.41. The Bertz CT molecular complexity index is 313. The molecular formula is C8H11ClFN3O. The van der Waals surface area contributed by atoms with Crippen molar-refractivity contribution in [1.29, 1.82) is 0 Å². The first kappa shape index (κ1) is 11.0. The average Bonchev–Trinajstić information content (AvgIpc) is 2.61.